The largest absolute Gasteiger partial charge is 0.484 e. The molecule has 36 heavy (non-hydrogen) atoms. The number of rotatable bonds is 6. The summed E-state index contributed by atoms with van der Waals surface area (Å²) < 4.78 is 21.2. The number of hydrogen-bond donors (Lipinski definition) is 2. The molecule has 1 atom stereocenters. The number of benzene rings is 1. The van der Waals surface area contributed by atoms with E-state index in [1.165, 1.54) is 6.07 Å². The van der Waals surface area contributed by atoms with Crippen LogP contribution >= 0.6 is 34.8 Å². The molecule has 4 heterocycles. The van der Waals surface area contributed by atoms with E-state index in [1.807, 2.05) is 18.9 Å². The molecule has 7 nitrogen and oxygen atoms in total. The number of ether oxygens (including phenoxy) is 1. The Morgan fingerprint density at radius 1 is 1.14 bits per heavy atom. The lowest BCUT2D eigenvalue weighted by Gasteiger charge is -2.48. The van der Waals surface area contributed by atoms with Gasteiger partial charge in [-0.1, -0.05) is 34.8 Å². The highest BCUT2D eigenvalue weighted by Crippen LogP contribution is 2.39. The van der Waals surface area contributed by atoms with Crippen molar-refractivity contribution < 1.29 is 9.13 Å². The summed E-state index contributed by atoms with van der Waals surface area (Å²) in [5.74, 6) is 0.338. The quantitative estimate of drug-likeness (QED) is 0.291. The lowest BCUT2D eigenvalue weighted by Crippen LogP contribution is -2.67. The van der Waals surface area contributed by atoms with E-state index in [-0.39, 0.29) is 5.54 Å². The van der Waals surface area contributed by atoms with Gasteiger partial charge < -0.3 is 15.0 Å². The maximum absolute atomic E-state index is 15.0. The van der Waals surface area contributed by atoms with E-state index in [4.69, 9.17) is 39.5 Å². The Kier molecular flexibility index (Phi) is 6.49. The van der Waals surface area contributed by atoms with Crippen LogP contribution in [-0.4, -0.2) is 45.8 Å². The van der Waals surface area contributed by atoms with Crippen molar-refractivity contribution in [1.29, 1.82) is 0 Å². The van der Waals surface area contributed by atoms with Crippen LogP contribution in [0.25, 0.3) is 22.2 Å². The normalized spacial score (nSPS) is 15.7. The number of hydrogen-bond acceptors (Lipinski definition) is 6. The highest BCUT2D eigenvalue weighted by atomic mass is 35.5. The van der Waals surface area contributed by atoms with Crippen molar-refractivity contribution in [1.82, 2.24) is 25.5 Å². The molecule has 0 radical (unpaired) electrons. The maximum Gasteiger partial charge on any atom is 0.166 e. The number of H-pyrrole nitrogens is 1. The Bertz CT molecular complexity index is 1470. The van der Waals surface area contributed by atoms with Crippen molar-refractivity contribution in [3.8, 4) is 17.0 Å². The zero-order valence-electron chi connectivity index (χ0n) is 20.1. The third-order valence-electron chi connectivity index (χ3n) is 6.59. The predicted octanol–water partition coefficient (Wildman–Crippen LogP) is 6.37. The molecule has 3 aromatic heterocycles. The Morgan fingerprint density at radius 3 is 2.58 bits per heavy atom. The van der Waals surface area contributed by atoms with Crippen LogP contribution in [0.5, 0.6) is 5.75 Å². The van der Waals surface area contributed by atoms with E-state index in [9.17, 15) is 0 Å². The average molecular weight is 550 g/mol. The molecule has 0 aliphatic carbocycles. The van der Waals surface area contributed by atoms with Gasteiger partial charge in [0.1, 0.15) is 17.5 Å². The van der Waals surface area contributed by atoms with Gasteiger partial charge in [-0.25, -0.2) is 9.37 Å². The molecule has 1 fully saturated rings. The van der Waals surface area contributed by atoms with Crippen LogP contribution < -0.4 is 15.0 Å². The van der Waals surface area contributed by atoms with E-state index >= 15 is 4.39 Å². The molecule has 0 unspecified atom stereocenters. The third kappa shape index (κ3) is 4.36. The standard InChI is InChI=1S/C25H24Cl3FN6O/c1-12-22(28)21(17(27)9-31-12)13(2)36-20-6-15-19(7-16(20)26)33-34-23(15)14-5-18(29)24(32-8-14)35-10-25(3,11-35)30-4/h5-9,13,30H,10-11H2,1-4H3,(H,33,34)/t13-/m1/s1. The van der Waals surface area contributed by atoms with Gasteiger partial charge in [0.2, 0.25) is 0 Å². The van der Waals surface area contributed by atoms with Gasteiger partial charge in [-0.15, -0.1) is 0 Å². The number of nitrogens with one attached hydrogen (secondary N) is 2. The average Bonchev–Trinajstić information content (AvgIpc) is 3.22. The molecule has 1 aliphatic rings. The minimum atomic E-state index is -0.504. The van der Waals surface area contributed by atoms with Crippen molar-refractivity contribution in [2.24, 2.45) is 0 Å². The maximum atomic E-state index is 15.0. The van der Waals surface area contributed by atoms with Gasteiger partial charge in [-0.3, -0.25) is 10.1 Å². The monoisotopic (exact) mass is 548 g/mol. The summed E-state index contributed by atoms with van der Waals surface area (Å²) in [6, 6.07) is 4.93. The molecule has 188 valence electrons. The highest BCUT2D eigenvalue weighted by Gasteiger charge is 2.39. The Hall–Kier alpha value is -2.65. The zero-order valence-corrected chi connectivity index (χ0v) is 22.4. The summed E-state index contributed by atoms with van der Waals surface area (Å²) in [5, 5.41) is 12.5. The van der Waals surface area contributed by atoms with Gasteiger partial charge in [-0.05, 0) is 46.0 Å². The van der Waals surface area contributed by atoms with Gasteiger partial charge in [0.05, 0.1) is 31.8 Å². The molecule has 11 heteroatoms. The van der Waals surface area contributed by atoms with Gasteiger partial charge in [0.15, 0.2) is 11.6 Å². The van der Waals surface area contributed by atoms with Crippen LogP contribution in [0.15, 0.2) is 30.6 Å². The number of halogens is 4. The molecular formula is C25H24Cl3FN6O. The van der Waals surface area contributed by atoms with Crippen molar-refractivity contribution in [3.63, 3.8) is 0 Å². The van der Waals surface area contributed by atoms with Crippen LogP contribution in [-0.2, 0) is 0 Å². The van der Waals surface area contributed by atoms with Crippen LogP contribution in [0.3, 0.4) is 0 Å². The molecule has 5 rings (SSSR count). The smallest absolute Gasteiger partial charge is 0.166 e. The van der Waals surface area contributed by atoms with Gasteiger partial charge >= 0.3 is 0 Å². The van der Waals surface area contributed by atoms with Gasteiger partial charge in [-0.2, -0.15) is 5.10 Å². The minimum Gasteiger partial charge on any atom is -0.484 e. The van der Waals surface area contributed by atoms with E-state index in [1.54, 1.807) is 31.5 Å². The number of pyridine rings is 2. The van der Waals surface area contributed by atoms with E-state index in [0.29, 0.717) is 73.1 Å². The lowest BCUT2D eigenvalue weighted by molar-refractivity contribution is 0.227. The van der Waals surface area contributed by atoms with Crippen molar-refractivity contribution in [2.45, 2.75) is 32.4 Å². The number of aromatic nitrogens is 4. The molecule has 2 N–H and O–H groups in total. The van der Waals surface area contributed by atoms with E-state index < -0.39 is 11.9 Å². The molecule has 0 spiro atoms. The fourth-order valence-electron chi connectivity index (χ4n) is 4.43. The third-order valence-corrected chi connectivity index (χ3v) is 7.66. The van der Waals surface area contributed by atoms with Crippen LogP contribution in [0.4, 0.5) is 10.2 Å². The SMILES string of the molecule is CNC1(C)CN(c2ncc(-c3n[nH]c4cc(Cl)c(O[C@H](C)c5c(Cl)cnc(C)c5Cl)cc34)cc2F)C1. The van der Waals surface area contributed by atoms with Crippen molar-refractivity contribution in [2.75, 3.05) is 25.0 Å². The summed E-state index contributed by atoms with van der Waals surface area (Å²) in [5.41, 5.74) is 2.99. The molecule has 0 saturated carbocycles. The van der Waals surface area contributed by atoms with Gasteiger partial charge in [0.25, 0.3) is 0 Å². The second-order valence-electron chi connectivity index (χ2n) is 9.28. The molecule has 1 saturated heterocycles. The number of nitrogens with zero attached hydrogens (tertiary/aromatic N) is 4. The molecule has 0 amide bonds. The Morgan fingerprint density at radius 2 is 1.89 bits per heavy atom. The number of anilines is 1. The molecular weight excluding hydrogens is 526 g/mol. The van der Waals surface area contributed by atoms with Crippen LogP contribution in [0.2, 0.25) is 15.1 Å². The van der Waals surface area contributed by atoms with Crippen molar-refractivity contribution >= 4 is 51.5 Å². The zero-order chi connectivity index (χ0) is 25.8. The second kappa shape index (κ2) is 9.34. The lowest BCUT2D eigenvalue weighted by atomic mass is 9.92. The predicted molar refractivity (Wildman–Crippen MR) is 142 cm³/mol. The van der Waals surface area contributed by atoms with Crippen LogP contribution in [0, 0.1) is 12.7 Å². The van der Waals surface area contributed by atoms with Gasteiger partial charge in [0, 0.05) is 42.0 Å². The fraction of sp³-hybridized carbons (Fsp3) is 0.320. The number of aromatic amines is 1. The number of likely N-dealkylation sites (N-methyl/N-ethyl adjacent to an activating group) is 1. The Labute approximate surface area is 222 Å². The first kappa shape index (κ1) is 25.0. The number of fused-ring (bicyclic) bond motifs is 1. The summed E-state index contributed by atoms with van der Waals surface area (Å²) in [4.78, 5) is 10.5. The first-order valence-electron chi connectivity index (χ1n) is 11.3. The molecule has 1 aromatic carbocycles. The summed E-state index contributed by atoms with van der Waals surface area (Å²) >= 11 is 19.3. The summed E-state index contributed by atoms with van der Waals surface area (Å²) in [6.45, 7) is 7.08. The first-order chi connectivity index (χ1) is 17.1. The van der Waals surface area contributed by atoms with E-state index in [0.717, 1.165) is 0 Å². The highest BCUT2D eigenvalue weighted by molar-refractivity contribution is 6.36. The van der Waals surface area contributed by atoms with Crippen LogP contribution in [0.1, 0.15) is 31.2 Å². The van der Waals surface area contributed by atoms with Crippen molar-refractivity contribution in [3.05, 3.63) is 62.7 Å². The fourth-order valence-corrected chi connectivity index (χ4v) is 5.28. The summed E-state index contributed by atoms with van der Waals surface area (Å²) in [7, 11) is 1.90. The first-order valence-corrected chi connectivity index (χ1v) is 12.5. The van der Waals surface area contributed by atoms with E-state index in [2.05, 4.69) is 32.4 Å². The molecule has 4 aromatic rings. The summed E-state index contributed by atoms with van der Waals surface area (Å²) in [6.07, 6.45) is 2.66. The topological polar surface area (TPSA) is 79.0 Å². The number of aryl methyl sites for hydroxylation is 1. The Balaban J connectivity index is 1.46. The molecule has 1 aliphatic heterocycles. The molecule has 0 bridgehead atoms. The second-order valence-corrected chi connectivity index (χ2v) is 10.5. The minimum absolute atomic E-state index is 0.0403.